The molecule has 0 amide bonds. The molecule has 2 rings (SSSR count). The van der Waals surface area contributed by atoms with Crippen LogP contribution in [-0.2, 0) is 15.6 Å². The third-order valence-electron chi connectivity index (χ3n) is 2.23. The second-order valence-corrected chi connectivity index (χ2v) is 5.41. The normalized spacial score (nSPS) is 11.4. The smallest absolute Gasteiger partial charge is 0.155 e. The molecule has 0 aliphatic carbocycles. The fraction of sp³-hybridized carbons (Fsp3) is 0.0833. The molecule has 0 bridgehead atoms. The number of hydrogen-bond donors (Lipinski definition) is 0. The lowest BCUT2D eigenvalue weighted by Crippen LogP contribution is -2.01. The summed E-state index contributed by atoms with van der Waals surface area (Å²) in [5.41, 5.74) is 2.09. The fourth-order valence-electron chi connectivity index (χ4n) is 1.54. The number of sulfone groups is 1. The van der Waals surface area contributed by atoms with Gasteiger partial charge in [0.2, 0.25) is 0 Å². The molecule has 2 aromatic heterocycles. The lowest BCUT2D eigenvalue weighted by molar-refractivity contribution is 0.603. The summed E-state index contributed by atoms with van der Waals surface area (Å²) in [4.78, 5) is 8.18. The van der Waals surface area contributed by atoms with Crippen LogP contribution >= 0.6 is 0 Å². The summed E-state index contributed by atoms with van der Waals surface area (Å²) in [6.45, 7) is 0. The maximum Gasteiger partial charge on any atom is 0.155 e. The van der Waals surface area contributed by atoms with Crippen LogP contribution in [0.3, 0.4) is 0 Å². The molecule has 5 heteroatoms. The molecule has 0 aliphatic rings. The van der Waals surface area contributed by atoms with Gasteiger partial charge in [-0.25, -0.2) is 8.42 Å². The highest BCUT2D eigenvalue weighted by atomic mass is 32.2. The van der Waals surface area contributed by atoms with E-state index in [1.54, 1.807) is 30.7 Å². The second-order valence-electron chi connectivity index (χ2n) is 3.64. The van der Waals surface area contributed by atoms with E-state index in [-0.39, 0.29) is 5.75 Å². The highest BCUT2D eigenvalue weighted by Crippen LogP contribution is 2.21. The first kappa shape index (κ1) is 11.7. The van der Waals surface area contributed by atoms with Crippen molar-refractivity contribution in [2.24, 2.45) is 0 Å². The van der Waals surface area contributed by atoms with Crippen LogP contribution in [0, 0.1) is 6.26 Å². The molecule has 0 unspecified atom stereocenters. The molecule has 87 valence electrons. The van der Waals surface area contributed by atoms with Crippen LogP contribution in [0.5, 0.6) is 0 Å². The Morgan fingerprint density at radius 1 is 1.18 bits per heavy atom. The predicted molar refractivity (Wildman–Crippen MR) is 65.4 cm³/mol. The molecular formula is C12H11N2O2S. The van der Waals surface area contributed by atoms with Gasteiger partial charge in [-0.15, -0.1) is 0 Å². The van der Waals surface area contributed by atoms with E-state index in [0.29, 0.717) is 11.3 Å². The molecule has 0 saturated heterocycles. The Bertz CT molecular complexity index is 609. The summed E-state index contributed by atoms with van der Waals surface area (Å²) in [6, 6.07) is 7.14. The predicted octanol–water partition coefficient (Wildman–Crippen LogP) is 1.85. The SMILES string of the molecule is [CH2]S(=O)(=O)Cc1ccncc1-c1ccccn1. The standard InChI is InChI=1S/C12H11N2O2S/c1-17(15,16)9-10-5-7-13-8-11(10)12-4-2-3-6-14-12/h2-8H,1,9H2. The van der Waals surface area contributed by atoms with E-state index >= 15 is 0 Å². The summed E-state index contributed by atoms with van der Waals surface area (Å²) in [6.07, 6.45) is 7.97. The first-order valence-corrected chi connectivity index (χ1v) is 6.78. The van der Waals surface area contributed by atoms with Crippen LogP contribution in [0.25, 0.3) is 11.3 Å². The van der Waals surface area contributed by atoms with Gasteiger partial charge in [0.15, 0.2) is 9.84 Å². The molecule has 0 fully saturated rings. The first-order valence-electron chi connectivity index (χ1n) is 4.96. The van der Waals surface area contributed by atoms with Crippen molar-refractivity contribution in [2.75, 3.05) is 0 Å². The fourth-order valence-corrected chi connectivity index (χ4v) is 2.26. The minimum absolute atomic E-state index is 0.110. The lowest BCUT2D eigenvalue weighted by atomic mass is 10.1. The van der Waals surface area contributed by atoms with Crippen molar-refractivity contribution in [2.45, 2.75) is 5.75 Å². The Hall–Kier alpha value is -1.75. The van der Waals surface area contributed by atoms with Crippen molar-refractivity contribution < 1.29 is 8.42 Å². The van der Waals surface area contributed by atoms with E-state index in [1.165, 1.54) is 0 Å². The van der Waals surface area contributed by atoms with Crippen LogP contribution in [0.1, 0.15) is 5.56 Å². The summed E-state index contributed by atoms with van der Waals surface area (Å²) >= 11 is 0. The van der Waals surface area contributed by atoms with Gasteiger partial charge in [-0.2, -0.15) is 0 Å². The van der Waals surface area contributed by atoms with Crippen LogP contribution < -0.4 is 0 Å². The minimum atomic E-state index is -3.31. The maximum atomic E-state index is 11.2. The van der Waals surface area contributed by atoms with E-state index in [2.05, 4.69) is 16.2 Å². The molecule has 0 aliphatic heterocycles. The van der Waals surface area contributed by atoms with Crippen molar-refractivity contribution in [1.29, 1.82) is 0 Å². The molecule has 0 N–H and O–H groups in total. The van der Waals surface area contributed by atoms with Crippen molar-refractivity contribution in [3.8, 4) is 11.3 Å². The van der Waals surface area contributed by atoms with Gasteiger partial charge in [0.05, 0.1) is 17.7 Å². The average molecular weight is 247 g/mol. The van der Waals surface area contributed by atoms with Crippen LogP contribution in [-0.4, -0.2) is 18.4 Å². The number of pyridine rings is 2. The Morgan fingerprint density at radius 2 is 2.00 bits per heavy atom. The van der Waals surface area contributed by atoms with Crippen molar-refractivity contribution in [1.82, 2.24) is 9.97 Å². The lowest BCUT2D eigenvalue weighted by Gasteiger charge is -2.06. The molecule has 0 atom stereocenters. The number of aromatic nitrogens is 2. The Labute approximate surface area is 100 Å². The maximum absolute atomic E-state index is 11.2. The third-order valence-corrected chi connectivity index (χ3v) is 2.98. The minimum Gasteiger partial charge on any atom is -0.264 e. The zero-order chi connectivity index (χ0) is 12.3. The zero-order valence-electron chi connectivity index (χ0n) is 9.07. The van der Waals surface area contributed by atoms with E-state index in [4.69, 9.17) is 0 Å². The molecule has 2 heterocycles. The van der Waals surface area contributed by atoms with Crippen LogP contribution in [0.15, 0.2) is 42.9 Å². The van der Waals surface area contributed by atoms with E-state index in [1.807, 2.05) is 12.1 Å². The van der Waals surface area contributed by atoms with Gasteiger partial charge in [0, 0.05) is 24.2 Å². The molecule has 2 aromatic rings. The molecule has 0 saturated carbocycles. The summed E-state index contributed by atoms with van der Waals surface area (Å²) in [5, 5.41) is 0. The molecular weight excluding hydrogens is 236 g/mol. The average Bonchev–Trinajstić information content (AvgIpc) is 2.29. The zero-order valence-corrected chi connectivity index (χ0v) is 9.89. The van der Waals surface area contributed by atoms with Gasteiger partial charge in [-0.3, -0.25) is 9.97 Å². The topological polar surface area (TPSA) is 59.9 Å². The molecule has 4 nitrogen and oxygen atoms in total. The van der Waals surface area contributed by atoms with E-state index in [0.717, 1.165) is 5.56 Å². The molecule has 1 radical (unpaired) electrons. The Kier molecular flexibility index (Phi) is 3.19. The Morgan fingerprint density at radius 3 is 2.65 bits per heavy atom. The highest BCUT2D eigenvalue weighted by Gasteiger charge is 2.11. The summed E-state index contributed by atoms with van der Waals surface area (Å²) < 4.78 is 22.5. The first-order chi connectivity index (χ1) is 8.06. The van der Waals surface area contributed by atoms with Gasteiger partial charge in [-0.1, -0.05) is 6.07 Å². The summed E-state index contributed by atoms with van der Waals surface area (Å²) in [5.74, 6) is -0.110. The molecule has 0 spiro atoms. The van der Waals surface area contributed by atoms with Gasteiger partial charge in [0.25, 0.3) is 0 Å². The van der Waals surface area contributed by atoms with Gasteiger partial charge < -0.3 is 0 Å². The van der Waals surface area contributed by atoms with E-state index < -0.39 is 9.84 Å². The van der Waals surface area contributed by atoms with Crippen LogP contribution in [0.2, 0.25) is 0 Å². The van der Waals surface area contributed by atoms with Crippen molar-refractivity contribution in [3.63, 3.8) is 0 Å². The molecule has 0 aromatic carbocycles. The monoisotopic (exact) mass is 247 g/mol. The van der Waals surface area contributed by atoms with Crippen LogP contribution in [0.4, 0.5) is 0 Å². The second kappa shape index (κ2) is 4.63. The Balaban J connectivity index is 2.49. The third kappa shape index (κ3) is 3.10. The van der Waals surface area contributed by atoms with Crippen molar-refractivity contribution in [3.05, 3.63) is 54.7 Å². The molecule has 17 heavy (non-hydrogen) atoms. The van der Waals surface area contributed by atoms with Crippen molar-refractivity contribution >= 4 is 9.84 Å². The van der Waals surface area contributed by atoms with Gasteiger partial charge in [0.1, 0.15) is 0 Å². The van der Waals surface area contributed by atoms with E-state index in [9.17, 15) is 8.42 Å². The number of rotatable bonds is 3. The van der Waals surface area contributed by atoms with Gasteiger partial charge in [-0.05, 0) is 23.8 Å². The van der Waals surface area contributed by atoms with Gasteiger partial charge >= 0.3 is 0 Å². The number of nitrogens with zero attached hydrogens (tertiary/aromatic N) is 2. The number of hydrogen-bond acceptors (Lipinski definition) is 4. The largest absolute Gasteiger partial charge is 0.264 e. The highest BCUT2D eigenvalue weighted by molar-refractivity contribution is 7.91. The quantitative estimate of drug-likeness (QED) is 0.830. The summed E-state index contributed by atoms with van der Waals surface area (Å²) in [7, 11) is -3.31.